The van der Waals surface area contributed by atoms with Gasteiger partial charge in [-0.3, -0.25) is 9.69 Å². The zero-order valence-corrected chi connectivity index (χ0v) is 14.6. The predicted molar refractivity (Wildman–Crippen MR) is 95.0 cm³/mol. The van der Waals surface area contributed by atoms with Crippen LogP contribution in [-0.2, 0) is 6.54 Å². The molecular weight excluding hydrogens is 322 g/mol. The summed E-state index contributed by atoms with van der Waals surface area (Å²) in [5.41, 5.74) is 1.27. The van der Waals surface area contributed by atoms with Crippen molar-refractivity contribution in [2.75, 3.05) is 19.7 Å². The minimum Gasteiger partial charge on any atom is -0.396 e. The second-order valence-corrected chi connectivity index (χ2v) is 7.51. The second-order valence-electron chi connectivity index (χ2n) is 6.28. The molecule has 2 heterocycles. The van der Waals surface area contributed by atoms with Crippen LogP contribution in [0.1, 0.15) is 26.7 Å². The Labute approximate surface area is 146 Å². The normalized spacial score (nSPS) is 21.6. The smallest absolute Gasteiger partial charge is 0.263 e. The van der Waals surface area contributed by atoms with Gasteiger partial charge in [0.15, 0.2) is 0 Å². The summed E-state index contributed by atoms with van der Waals surface area (Å²) in [4.78, 5) is 19.5. The van der Waals surface area contributed by atoms with Crippen LogP contribution in [-0.4, -0.2) is 46.6 Å². The molecule has 1 aromatic carbocycles. The largest absolute Gasteiger partial charge is 0.396 e. The third kappa shape index (κ3) is 4.20. The first-order chi connectivity index (χ1) is 11.7. The third-order valence-electron chi connectivity index (χ3n) is 4.49. The van der Waals surface area contributed by atoms with Gasteiger partial charge in [-0.05, 0) is 25.5 Å². The van der Waals surface area contributed by atoms with Crippen LogP contribution in [0.5, 0.6) is 0 Å². The van der Waals surface area contributed by atoms with E-state index in [1.54, 1.807) is 6.20 Å². The number of amides is 1. The van der Waals surface area contributed by atoms with E-state index in [0.29, 0.717) is 4.88 Å². The summed E-state index contributed by atoms with van der Waals surface area (Å²) in [5, 5.41) is 13.6. The number of nitrogens with zero attached hydrogens (tertiary/aromatic N) is 2. The van der Waals surface area contributed by atoms with Crippen molar-refractivity contribution in [3.8, 4) is 0 Å². The average Bonchev–Trinajstić information content (AvgIpc) is 3.03. The molecule has 1 fully saturated rings. The molecule has 0 radical (unpaired) electrons. The Morgan fingerprint density at radius 1 is 1.42 bits per heavy atom. The van der Waals surface area contributed by atoms with Crippen molar-refractivity contribution in [3.63, 3.8) is 0 Å². The molecule has 1 aliphatic heterocycles. The highest BCUT2D eigenvalue weighted by Crippen LogP contribution is 2.20. The Balaban J connectivity index is 1.64. The summed E-state index contributed by atoms with van der Waals surface area (Å²) in [5.74, 6) is 0.0144. The molecule has 1 aliphatic rings. The van der Waals surface area contributed by atoms with E-state index in [1.807, 2.05) is 25.1 Å². The van der Waals surface area contributed by atoms with Gasteiger partial charge in [0.05, 0.1) is 11.2 Å². The molecule has 128 valence electrons. The molecule has 5 nitrogen and oxygen atoms in total. The quantitative estimate of drug-likeness (QED) is 0.871. The molecule has 2 N–H and O–H groups in total. The number of hydrogen-bond acceptors (Lipinski definition) is 5. The number of carbonyl (C=O) groups is 1. The molecule has 0 aliphatic carbocycles. The summed E-state index contributed by atoms with van der Waals surface area (Å²) >= 11 is 1.40. The first-order valence-corrected chi connectivity index (χ1v) is 9.08. The number of benzene rings is 1. The number of thiazole rings is 1. The lowest BCUT2D eigenvalue weighted by atomic mass is 9.92. The number of likely N-dealkylation sites (tertiary alicyclic amines) is 1. The summed E-state index contributed by atoms with van der Waals surface area (Å²) in [6, 6.07) is 10.3. The average molecular weight is 345 g/mol. The Hall–Kier alpha value is -1.76. The van der Waals surface area contributed by atoms with Crippen molar-refractivity contribution < 1.29 is 9.90 Å². The lowest BCUT2D eigenvalue weighted by Gasteiger charge is -2.38. The molecule has 6 heteroatoms. The van der Waals surface area contributed by atoms with Crippen molar-refractivity contribution in [2.45, 2.75) is 25.9 Å². The predicted octanol–water partition coefficient (Wildman–Crippen LogP) is 2.06. The van der Waals surface area contributed by atoms with Gasteiger partial charge in [-0.1, -0.05) is 30.3 Å². The van der Waals surface area contributed by atoms with Crippen molar-refractivity contribution in [1.82, 2.24) is 15.2 Å². The van der Waals surface area contributed by atoms with Crippen LogP contribution in [0.4, 0.5) is 0 Å². The highest BCUT2D eigenvalue weighted by atomic mass is 32.1. The van der Waals surface area contributed by atoms with Crippen LogP contribution in [0.2, 0.25) is 0 Å². The van der Waals surface area contributed by atoms with Gasteiger partial charge in [-0.25, -0.2) is 4.98 Å². The minimum atomic E-state index is -0.0920. The van der Waals surface area contributed by atoms with Crippen molar-refractivity contribution >= 4 is 17.2 Å². The maximum absolute atomic E-state index is 12.4. The Morgan fingerprint density at radius 3 is 2.88 bits per heavy atom. The minimum absolute atomic E-state index is 0.0395. The first kappa shape index (κ1) is 17.1. The van der Waals surface area contributed by atoms with Crippen LogP contribution < -0.4 is 5.32 Å². The number of piperidine rings is 1. The highest BCUT2D eigenvalue weighted by molar-refractivity contribution is 7.13. The van der Waals surface area contributed by atoms with Gasteiger partial charge < -0.3 is 10.4 Å². The SMILES string of the molecule is Cc1ncc(C(=O)NC2CN(Cc3ccccc3)CCC2CO)s1. The van der Waals surface area contributed by atoms with Crippen LogP contribution in [0.25, 0.3) is 0 Å². The van der Waals surface area contributed by atoms with Gasteiger partial charge in [0.1, 0.15) is 4.88 Å². The molecule has 3 rings (SSSR count). The molecule has 2 unspecified atom stereocenters. The number of nitrogens with one attached hydrogen (secondary N) is 1. The van der Waals surface area contributed by atoms with E-state index in [9.17, 15) is 9.90 Å². The van der Waals surface area contributed by atoms with E-state index in [2.05, 4.69) is 27.3 Å². The third-order valence-corrected chi connectivity index (χ3v) is 5.40. The van der Waals surface area contributed by atoms with Crippen LogP contribution in [0, 0.1) is 12.8 Å². The number of carbonyl (C=O) groups excluding carboxylic acids is 1. The number of hydrogen-bond donors (Lipinski definition) is 2. The van der Waals surface area contributed by atoms with Crippen LogP contribution in [0.15, 0.2) is 36.5 Å². The molecule has 0 bridgehead atoms. The second kappa shape index (κ2) is 7.88. The monoisotopic (exact) mass is 345 g/mol. The molecule has 0 spiro atoms. The molecule has 2 aromatic rings. The van der Waals surface area contributed by atoms with E-state index in [1.165, 1.54) is 16.9 Å². The number of aryl methyl sites for hydroxylation is 1. The molecule has 1 saturated heterocycles. The van der Waals surface area contributed by atoms with E-state index in [-0.39, 0.29) is 24.5 Å². The topological polar surface area (TPSA) is 65.5 Å². The highest BCUT2D eigenvalue weighted by Gasteiger charge is 2.30. The standard InChI is InChI=1S/C18H23N3O2S/c1-13-19-9-17(24-13)18(23)20-16-11-21(8-7-15(16)12-22)10-14-5-3-2-4-6-14/h2-6,9,15-16,22H,7-8,10-12H2,1H3,(H,20,23). The molecule has 0 saturated carbocycles. The number of rotatable bonds is 5. The maximum atomic E-state index is 12.4. The van der Waals surface area contributed by atoms with E-state index < -0.39 is 0 Å². The summed E-state index contributed by atoms with van der Waals surface area (Å²) < 4.78 is 0. The van der Waals surface area contributed by atoms with E-state index >= 15 is 0 Å². The van der Waals surface area contributed by atoms with Crippen LogP contribution in [0.3, 0.4) is 0 Å². The van der Waals surface area contributed by atoms with Crippen molar-refractivity contribution in [3.05, 3.63) is 52.0 Å². The zero-order valence-electron chi connectivity index (χ0n) is 13.8. The van der Waals surface area contributed by atoms with Crippen molar-refractivity contribution in [2.24, 2.45) is 5.92 Å². The van der Waals surface area contributed by atoms with E-state index in [4.69, 9.17) is 0 Å². The van der Waals surface area contributed by atoms with Gasteiger partial charge >= 0.3 is 0 Å². The first-order valence-electron chi connectivity index (χ1n) is 8.26. The number of aromatic nitrogens is 1. The molecule has 24 heavy (non-hydrogen) atoms. The molecular formula is C18H23N3O2S. The number of aliphatic hydroxyl groups excluding tert-OH is 1. The van der Waals surface area contributed by atoms with Gasteiger partial charge in [0, 0.05) is 31.7 Å². The fraction of sp³-hybridized carbons (Fsp3) is 0.444. The number of aliphatic hydroxyl groups is 1. The van der Waals surface area contributed by atoms with E-state index in [0.717, 1.165) is 31.1 Å². The lowest BCUT2D eigenvalue weighted by Crippen LogP contribution is -2.53. The Morgan fingerprint density at radius 2 is 2.21 bits per heavy atom. The zero-order chi connectivity index (χ0) is 16.9. The van der Waals surface area contributed by atoms with Crippen LogP contribution >= 0.6 is 11.3 Å². The lowest BCUT2D eigenvalue weighted by molar-refractivity contribution is 0.0733. The Kier molecular flexibility index (Phi) is 5.60. The molecule has 1 amide bonds. The molecule has 1 aromatic heterocycles. The maximum Gasteiger partial charge on any atom is 0.263 e. The summed E-state index contributed by atoms with van der Waals surface area (Å²) in [6.07, 6.45) is 2.50. The summed E-state index contributed by atoms with van der Waals surface area (Å²) in [6.45, 7) is 4.55. The van der Waals surface area contributed by atoms with Gasteiger partial charge in [0.25, 0.3) is 5.91 Å². The summed E-state index contributed by atoms with van der Waals surface area (Å²) in [7, 11) is 0. The van der Waals surface area contributed by atoms with Crippen molar-refractivity contribution in [1.29, 1.82) is 0 Å². The fourth-order valence-electron chi connectivity index (χ4n) is 3.14. The molecule has 2 atom stereocenters. The van der Waals surface area contributed by atoms with Gasteiger partial charge in [-0.2, -0.15) is 0 Å². The van der Waals surface area contributed by atoms with Gasteiger partial charge in [-0.15, -0.1) is 11.3 Å². The fourth-order valence-corrected chi connectivity index (χ4v) is 3.82. The Bertz CT molecular complexity index is 674. The van der Waals surface area contributed by atoms with Gasteiger partial charge in [0.2, 0.25) is 0 Å².